The number of methoxy groups -OCH3 is 1. The molecule has 2 saturated heterocycles. The van der Waals surface area contributed by atoms with E-state index in [1.807, 2.05) is 32.0 Å². The van der Waals surface area contributed by atoms with E-state index in [0.29, 0.717) is 36.2 Å². The van der Waals surface area contributed by atoms with Crippen LogP contribution >= 0.6 is 0 Å². The lowest BCUT2D eigenvalue weighted by Crippen LogP contribution is -2.37. The van der Waals surface area contributed by atoms with E-state index in [-0.39, 0.29) is 0 Å². The highest BCUT2D eigenvalue weighted by Crippen LogP contribution is 2.59. The van der Waals surface area contributed by atoms with Crippen molar-refractivity contribution in [2.45, 2.75) is 56.7 Å². The number of aryl methyl sites for hydroxylation is 1. The molecule has 4 aliphatic rings. The largest absolute Gasteiger partial charge is 0.497 e. The summed E-state index contributed by atoms with van der Waals surface area (Å²) in [6.45, 7) is 8.82. The molecule has 0 aromatic heterocycles. The Bertz CT molecular complexity index is 2270. The third-order valence-electron chi connectivity index (χ3n) is 12.4. The minimum Gasteiger partial charge on any atom is -0.497 e. The fourth-order valence-electron chi connectivity index (χ4n) is 9.31. The summed E-state index contributed by atoms with van der Waals surface area (Å²) in [7, 11) is 1.64. The second-order valence-electron chi connectivity index (χ2n) is 15.9. The predicted molar refractivity (Wildman–Crippen MR) is 211 cm³/mol. The van der Waals surface area contributed by atoms with E-state index in [9.17, 15) is 13.2 Å². The van der Waals surface area contributed by atoms with E-state index in [0.717, 1.165) is 102 Å². The Balaban J connectivity index is 1.19. The number of nitrogens with zero attached hydrogens (tertiary/aromatic N) is 1. The molecule has 0 N–H and O–H groups in total. The summed E-state index contributed by atoms with van der Waals surface area (Å²) in [5, 5.41) is 1.76. The standard InChI is InChI=1S/C47H46F3NO4/c1-45(2)41-28-34(47(48,49)50)12-16-38(41)42-37-17-15-36(52-3)29-40(37)44-39(43(42)45)18-21-46(55-44,33-10-13-35(14-11-33)51-22-26-54-27-23-51)32-8-6-30(7-9-32)4-5-31-19-24-53-25-20-31/h6-18,21,28-29,31H,4-5,19-20,22-27H2,1-3H3. The summed E-state index contributed by atoms with van der Waals surface area (Å²) in [5.74, 6) is 2.05. The Morgan fingerprint density at radius 1 is 0.800 bits per heavy atom. The van der Waals surface area contributed by atoms with Crippen LogP contribution in [0.5, 0.6) is 11.5 Å². The summed E-state index contributed by atoms with van der Waals surface area (Å²) in [5.41, 5.74) is 6.29. The number of fused-ring (bicyclic) bond motifs is 8. The van der Waals surface area contributed by atoms with E-state index in [2.05, 4.69) is 65.6 Å². The average Bonchev–Trinajstić information content (AvgIpc) is 3.46. The molecule has 2 fully saturated rings. The number of rotatable bonds is 7. The molecule has 1 atom stereocenters. The van der Waals surface area contributed by atoms with E-state index in [1.165, 1.54) is 17.7 Å². The summed E-state index contributed by atoms with van der Waals surface area (Å²) >= 11 is 0. The van der Waals surface area contributed by atoms with Crippen LogP contribution < -0.4 is 14.4 Å². The smallest absolute Gasteiger partial charge is 0.416 e. The van der Waals surface area contributed by atoms with Gasteiger partial charge in [-0.1, -0.05) is 62.4 Å². The van der Waals surface area contributed by atoms with Gasteiger partial charge in [-0.15, -0.1) is 0 Å². The predicted octanol–water partition coefficient (Wildman–Crippen LogP) is 10.7. The Hall–Kier alpha value is -4.79. The van der Waals surface area contributed by atoms with Crippen LogP contribution in [0.4, 0.5) is 18.9 Å². The highest BCUT2D eigenvalue weighted by atomic mass is 19.4. The van der Waals surface area contributed by atoms with Gasteiger partial charge in [0.05, 0.1) is 25.9 Å². The summed E-state index contributed by atoms with van der Waals surface area (Å²) in [6, 6.07) is 27.6. The normalized spacial score (nSPS) is 20.5. The average molecular weight is 746 g/mol. The summed E-state index contributed by atoms with van der Waals surface area (Å²) in [6.07, 6.45) is 4.22. The van der Waals surface area contributed by atoms with Crippen molar-refractivity contribution in [2.75, 3.05) is 51.5 Å². The molecular weight excluding hydrogens is 700 g/mol. The molecule has 0 radical (unpaired) electrons. The topological polar surface area (TPSA) is 40.2 Å². The third-order valence-corrected chi connectivity index (χ3v) is 12.4. The maximum atomic E-state index is 14.1. The van der Waals surface area contributed by atoms with E-state index in [4.69, 9.17) is 18.9 Å². The second kappa shape index (κ2) is 13.7. The first-order valence-electron chi connectivity index (χ1n) is 19.5. The lowest BCUT2D eigenvalue weighted by Gasteiger charge is -2.39. The number of hydrogen-bond donors (Lipinski definition) is 0. The van der Waals surface area contributed by atoms with Crippen LogP contribution in [0.1, 0.15) is 72.1 Å². The van der Waals surface area contributed by atoms with Gasteiger partial charge in [-0.05, 0) is 113 Å². The number of morpholine rings is 1. The molecule has 55 heavy (non-hydrogen) atoms. The van der Waals surface area contributed by atoms with Crippen molar-refractivity contribution in [2.24, 2.45) is 5.92 Å². The number of alkyl halides is 3. The number of hydrogen-bond acceptors (Lipinski definition) is 5. The lowest BCUT2D eigenvalue weighted by molar-refractivity contribution is -0.137. The first-order valence-corrected chi connectivity index (χ1v) is 19.5. The van der Waals surface area contributed by atoms with Crippen LogP contribution in [0.2, 0.25) is 0 Å². The first-order chi connectivity index (χ1) is 26.6. The van der Waals surface area contributed by atoms with Gasteiger partial charge in [0, 0.05) is 59.5 Å². The van der Waals surface area contributed by atoms with Crippen molar-refractivity contribution in [3.05, 3.63) is 130 Å². The molecule has 5 aromatic carbocycles. The minimum absolute atomic E-state index is 0.644. The van der Waals surface area contributed by atoms with E-state index < -0.39 is 22.8 Å². The van der Waals surface area contributed by atoms with Gasteiger partial charge in [0.2, 0.25) is 0 Å². The Kier molecular flexibility index (Phi) is 8.97. The van der Waals surface area contributed by atoms with Gasteiger partial charge in [-0.2, -0.15) is 13.2 Å². The van der Waals surface area contributed by atoms with Crippen molar-refractivity contribution >= 4 is 22.5 Å². The van der Waals surface area contributed by atoms with Crippen LogP contribution in [0.15, 0.2) is 91.0 Å². The highest BCUT2D eigenvalue weighted by Gasteiger charge is 2.45. The van der Waals surface area contributed by atoms with Crippen molar-refractivity contribution in [1.82, 2.24) is 0 Å². The molecule has 284 valence electrons. The van der Waals surface area contributed by atoms with Gasteiger partial charge in [-0.25, -0.2) is 0 Å². The molecule has 1 aliphatic carbocycles. The zero-order valence-corrected chi connectivity index (χ0v) is 31.6. The molecule has 5 nitrogen and oxygen atoms in total. The fourth-order valence-corrected chi connectivity index (χ4v) is 9.31. The zero-order valence-electron chi connectivity index (χ0n) is 31.6. The number of ether oxygens (including phenoxy) is 4. The maximum absolute atomic E-state index is 14.1. The Morgan fingerprint density at radius 2 is 1.49 bits per heavy atom. The summed E-state index contributed by atoms with van der Waals surface area (Å²) in [4.78, 5) is 2.34. The van der Waals surface area contributed by atoms with E-state index >= 15 is 0 Å². The summed E-state index contributed by atoms with van der Waals surface area (Å²) < 4.78 is 66.7. The molecule has 3 heterocycles. The van der Waals surface area contributed by atoms with Crippen molar-refractivity contribution < 1.29 is 32.1 Å². The van der Waals surface area contributed by atoms with Gasteiger partial charge in [-0.3, -0.25) is 0 Å². The molecule has 8 heteroatoms. The van der Waals surface area contributed by atoms with Crippen LogP contribution in [0, 0.1) is 5.92 Å². The van der Waals surface area contributed by atoms with Crippen LogP contribution in [0.3, 0.4) is 0 Å². The van der Waals surface area contributed by atoms with Gasteiger partial charge < -0.3 is 23.8 Å². The van der Waals surface area contributed by atoms with Gasteiger partial charge in [0.1, 0.15) is 11.5 Å². The van der Waals surface area contributed by atoms with Crippen LogP contribution in [-0.4, -0.2) is 46.6 Å². The minimum atomic E-state index is -4.45. The lowest BCUT2D eigenvalue weighted by atomic mass is 9.76. The number of anilines is 1. The van der Waals surface area contributed by atoms with Gasteiger partial charge in [0.15, 0.2) is 5.60 Å². The third kappa shape index (κ3) is 6.18. The van der Waals surface area contributed by atoms with Crippen LogP contribution in [0.25, 0.3) is 28.0 Å². The zero-order chi connectivity index (χ0) is 38.0. The van der Waals surface area contributed by atoms with Crippen molar-refractivity contribution in [1.29, 1.82) is 0 Å². The molecule has 9 rings (SSSR count). The molecule has 0 bridgehead atoms. The van der Waals surface area contributed by atoms with E-state index in [1.54, 1.807) is 13.2 Å². The Morgan fingerprint density at radius 3 is 2.18 bits per heavy atom. The monoisotopic (exact) mass is 745 g/mol. The molecule has 1 unspecified atom stereocenters. The Labute approximate surface area is 320 Å². The van der Waals surface area contributed by atoms with Crippen molar-refractivity contribution in [3.63, 3.8) is 0 Å². The SMILES string of the molecule is COc1ccc2c3c(c4c(c2c1)OC(c1ccc(CCC2CCOCC2)cc1)(c1ccc(N2CCOCC2)cc1)C=C4)C(C)(C)c1cc(C(F)(F)F)ccc1-3. The molecule has 5 aromatic rings. The van der Waals surface area contributed by atoms with Gasteiger partial charge >= 0.3 is 6.18 Å². The highest BCUT2D eigenvalue weighted by molar-refractivity contribution is 6.09. The first kappa shape index (κ1) is 35.9. The molecule has 0 saturated carbocycles. The molecule has 3 aliphatic heterocycles. The molecular formula is C47H46F3NO4. The molecule has 0 amide bonds. The number of halogens is 3. The molecule has 0 spiro atoms. The van der Waals surface area contributed by atoms with Gasteiger partial charge in [0.25, 0.3) is 0 Å². The maximum Gasteiger partial charge on any atom is 0.416 e. The number of benzene rings is 5. The fraction of sp³-hybridized carbons (Fsp3) is 0.362. The van der Waals surface area contributed by atoms with Crippen molar-refractivity contribution in [3.8, 4) is 22.6 Å². The quantitative estimate of drug-likeness (QED) is 0.166. The van der Waals surface area contributed by atoms with Crippen LogP contribution in [-0.2, 0) is 33.1 Å². The second-order valence-corrected chi connectivity index (χ2v) is 15.9.